The summed E-state index contributed by atoms with van der Waals surface area (Å²) in [7, 11) is 2.21. The first-order valence-electron chi connectivity index (χ1n) is 5.32. The van der Waals surface area contributed by atoms with Crippen LogP contribution in [-0.4, -0.2) is 24.5 Å². The molecule has 0 saturated heterocycles. The maximum atomic E-state index is 2.42. The molecule has 0 aromatic rings. The predicted octanol–water partition coefficient (Wildman–Crippen LogP) is 3.15. The van der Waals surface area contributed by atoms with Crippen molar-refractivity contribution < 1.29 is 0 Å². The van der Waals surface area contributed by atoms with Crippen molar-refractivity contribution in [1.82, 2.24) is 4.90 Å². The van der Waals surface area contributed by atoms with Gasteiger partial charge < -0.3 is 4.90 Å². The van der Waals surface area contributed by atoms with Crippen LogP contribution in [0.4, 0.5) is 0 Å². The lowest BCUT2D eigenvalue weighted by molar-refractivity contribution is 0.245. The maximum Gasteiger partial charge on any atom is 0.00638 e. The van der Waals surface area contributed by atoms with Gasteiger partial charge in [-0.05, 0) is 39.3 Å². The van der Waals surface area contributed by atoms with Crippen LogP contribution in [0.5, 0.6) is 0 Å². The van der Waals surface area contributed by atoms with Crippen LogP contribution < -0.4 is 0 Å². The van der Waals surface area contributed by atoms with Gasteiger partial charge in [-0.1, -0.05) is 27.2 Å². The van der Waals surface area contributed by atoms with E-state index in [0.29, 0.717) is 0 Å². The number of hydrogen-bond acceptors (Lipinski definition) is 1. The Kier molecular flexibility index (Phi) is 6.45. The average molecular weight is 171 g/mol. The predicted molar refractivity (Wildman–Crippen MR) is 56.5 cm³/mol. The summed E-state index contributed by atoms with van der Waals surface area (Å²) in [4.78, 5) is 2.42. The number of hydrogen-bond donors (Lipinski definition) is 0. The van der Waals surface area contributed by atoms with Crippen LogP contribution in [0.2, 0.25) is 0 Å². The lowest BCUT2D eigenvalue weighted by atomic mass is 10.00. The second-order valence-corrected chi connectivity index (χ2v) is 4.01. The highest BCUT2D eigenvalue weighted by atomic mass is 15.1. The SMILES string of the molecule is CCC(C)CCC(C)N(C)CC. The average Bonchev–Trinajstić information content (AvgIpc) is 2.11. The molecule has 0 aromatic carbocycles. The second-order valence-electron chi connectivity index (χ2n) is 4.01. The van der Waals surface area contributed by atoms with E-state index in [1.165, 1.54) is 25.8 Å². The van der Waals surface area contributed by atoms with Gasteiger partial charge >= 0.3 is 0 Å². The van der Waals surface area contributed by atoms with E-state index in [0.717, 1.165) is 12.0 Å². The van der Waals surface area contributed by atoms with E-state index in [4.69, 9.17) is 0 Å². The Balaban J connectivity index is 3.49. The third-order valence-corrected chi connectivity index (χ3v) is 3.03. The van der Waals surface area contributed by atoms with Crippen molar-refractivity contribution >= 4 is 0 Å². The van der Waals surface area contributed by atoms with E-state index in [1.807, 2.05) is 0 Å². The van der Waals surface area contributed by atoms with Gasteiger partial charge in [-0.15, -0.1) is 0 Å². The van der Waals surface area contributed by atoms with Gasteiger partial charge in [0.15, 0.2) is 0 Å². The van der Waals surface area contributed by atoms with Gasteiger partial charge in [-0.2, -0.15) is 0 Å². The fraction of sp³-hybridized carbons (Fsp3) is 1.00. The Morgan fingerprint density at radius 2 is 1.67 bits per heavy atom. The van der Waals surface area contributed by atoms with Crippen LogP contribution in [-0.2, 0) is 0 Å². The Morgan fingerprint density at radius 1 is 1.08 bits per heavy atom. The molecule has 0 amide bonds. The van der Waals surface area contributed by atoms with Crippen LogP contribution in [0.1, 0.15) is 47.0 Å². The first-order valence-corrected chi connectivity index (χ1v) is 5.32. The van der Waals surface area contributed by atoms with E-state index >= 15 is 0 Å². The van der Waals surface area contributed by atoms with Crippen molar-refractivity contribution in [2.75, 3.05) is 13.6 Å². The number of nitrogens with zero attached hydrogens (tertiary/aromatic N) is 1. The summed E-state index contributed by atoms with van der Waals surface area (Å²) in [5.41, 5.74) is 0. The van der Waals surface area contributed by atoms with E-state index in [9.17, 15) is 0 Å². The summed E-state index contributed by atoms with van der Waals surface area (Å²) in [6.45, 7) is 10.3. The van der Waals surface area contributed by atoms with Crippen LogP contribution in [0, 0.1) is 5.92 Å². The molecule has 0 fully saturated rings. The summed E-state index contributed by atoms with van der Waals surface area (Å²) >= 11 is 0. The summed E-state index contributed by atoms with van der Waals surface area (Å²) in [5.74, 6) is 0.901. The monoisotopic (exact) mass is 171 g/mol. The van der Waals surface area contributed by atoms with Gasteiger partial charge in [0.2, 0.25) is 0 Å². The van der Waals surface area contributed by atoms with Gasteiger partial charge in [0.1, 0.15) is 0 Å². The molecular formula is C11H25N. The van der Waals surface area contributed by atoms with Gasteiger partial charge in [-0.3, -0.25) is 0 Å². The highest BCUT2D eigenvalue weighted by Crippen LogP contribution is 2.13. The molecule has 0 aliphatic carbocycles. The summed E-state index contributed by atoms with van der Waals surface area (Å²) in [5, 5.41) is 0. The van der Waals surface area contributed by atoms with Crippen LogP contribution >= 0.6 is 0 Å². The van der Waals surface area contributed by atoms with Gasteiger partial charge in [0.05, 0.1) is 0 Å². The molecule has 0 aliphatic heterocycles. The Labute approximate surface area is 78.1 Å². The fourth-order valence-electron chi connectivity index (χ4n) is 1.26. The van der Waals surface area contributed by atoms with Crippen molar-refractivity contribution in [1.29, 1.82) is 0 Å². The lowest BCUT2D eigenvalue weighted by Crippen LogP contribution is -2.28. The molecular weight excluding hydrogens is 146 g/mol. The zero-order valence-electron chi connectivity index (χ0n) is 9.43. The summed E-state index contributed by atoms with van der Waals surface area (Å²) in [6, 6.07) is 0.754. The molecule has 0 rings (SSSR count). The van der Waals surface area contributed by atoms with Gasteiger partial charge in [-0.25, -0.2) is 0 Å². The zero-order chi connectivity index (χ0) is 9.56. The molecule has 2 unspecified atom stereocenters. The second kappa shape index (κ2) is 6.47. The first-order chi connectivity index (χ1) is 5.61. The van der Waals surface area contributed by atoms with Crippen LogP contribution in [0.3, 0.4) is 0 Å². The molecule has 12 heavy (non-hydrogen) atoms. The highest BCUT2D eigenvalue weighted by Gasteiger charge is 2.08. The van der Waals surface area contributed by atoms with Crippen molar-refractivity contribution in [3.05, 3.63) is 0 Å². The van der Waals surface area contributed by atoms with E-state index in [-0.39, 0.29) is 0 Å². The van der Waals surface area contributed by atoms with Crippen LogP contribution in [0.25, 0.3) is 0 Å². The molecule has 0 saturated carbocycles. The summed E-state index contributed by atoms with van der Waals surface area (Å²) < 4.78 is 0. The van der Waals surface area contributed by atoms with Gasteiger partial charge in [0, 0.05) is 6.04 Å². The minimum Gasteiger partial charge on any atom is -0.304 e. The molecule has 0 spiro atoms. The van der Waals surface area contributed by atoms with Crippen molar-refractivity contribution in [2.24, 2.45) is 5.92 Å². The minimum absolute atomic E-state index is 0.754. The fourth-order valence-corrected chi connectivity index (χ4v) is 1.26. The largest absolute Gasteiger partial charge is 0.304 e. The molecule has 0 aromatic heterocycles. The third-order valence-electron chi connectivity index (χ3n) is 3.03. The Bertz CT molecular complexity index is 101. The molecule has 1 heteroatoms. The lowest BCUT2D eigenvalue weighted by Gasteiger charge is -2.23. The smallest absolute Gasteiger partial charge is 0.00638 e. The molecule has 1 nitrogen and oxygen atoms in total. The maximum absolute atomic E-state index is 2.42. The summed E-state index contributed by atoms with van der Waals surface area (Å²) in [6.07, 6.45) is 4.05. The molecule has 0 aliphatic rings. The Hall–Kier alpha value is -0.0400. The topological polar surface area (TPSA) is 3.24 Å². The van der Waals surface area contributed by atoms with E-state index in [1.54, 1.807) is 0 Å². The Morgan fingerprint density at radius 3 is 2.08 bits per heavy atom. The van der Waals surface area contributed by atoms with Crippen molar-refractivity contribution in [3.8, 4) is 0 Å². The normalized spacial score (nSPS) is 16.5. The first kappa shape index (κ1) is 12.0. The molecule has 74 valence electrons. The van der Waals surface area contributed by atoms with Crippen LogP contribution in [0.15, 0.2) is 0 Å². The van der Waals surface area contributed by atoms with Crippen molar-refractivity contribution in [3.63, 3.8) is 0 Å². The van der Waals surface area contributed by atoms with Gasteiger partial charge in [0.25, 0.3) is 0 Å². The zero-order valence-corrected chi connectivity index (χ0v) is 9.43. The third kappa shape index (κ3) is 4.76. The quantitative estimate of drug-likeness (QED) is 0.593. The van der Waals surface area contributed by atoms with E-state index < -0.39 is 0 Å². The number of rotatable bonds is 6. The molecule has 0 bridgehead atoms. The molecule has 0 heterocycles. The molecule has 0 radical (unpaired) electrons. The minimum atomic E-state index is 0.754. The van der Waals surface area contributed by atoms with E-state index in [2.05, 4.69) is 39.6 Å². The molecule has 2 atom stereocenters. The standard InChI is InChI=1S/C11H25N/c1-6-10(3)8-9-11(4)12(5)7-2/h10-11H,6-9H2,1-5H3. The highest BCUT2D eigenvalue weighted by molar-refractivity contribution is 4.63. The van der Waals surface area contributed by atoms with Crippen molar-refractivity contribution in [2.45, 2.75) is 53.0 Å². The molecule has 0 N–H and O–H groups in total.